The van der Waals surface area contributed by atoms with E-state index in [-0.39, 0.29) is 12.5 Å². The van der Waals surface area contributed by atoms with E-state index < -0.39 is 10.2 Å². The number of alkyl halides is 1. The minimum Gasteiger partial charge on any atom is -0.497 e. The summed E-state index contributed by atoms with van der Waals surface area (Å²) in [5.74, 6) is 0.416. The summed E-state index contributed by atoms with van der Waals surface area (Å²) in [6.07, 6.45) is 3.02. The van der Waals surface area contributed by atoms with Gasteiger partial charge in [0.15, 0.2) is 4.33 Å². The summed E-state index contributed by atoms with van der Waals surface area (Å²) in [5.41, 5.74) is 2.42. The molecular weight excluding hydrogens is 545 g/mol. The standard InChI is InChI=1S/C28H27Cl2N3O4S/c1-28(30)33(27-23(15-21(29)16-24(27)38-28)37-18-20-8-5-4-6-9-20)32(2)26(35)17-31-25(34)13-12-19-10-7-11-22(14-19)36-3/h4-16H,17-18H2,1-3H3,(H,31,34). The zero-order valence-corrected chi connectivity index (χ0v) is 23.4. The van der Waals surface area contributed by atoms with Crippen molar-refractivity contribution in [3.05, 3.63) is 89.0 Å². The highest BCUT2D eigenvalue weighted by atomic mass is 35.5. The third-order valence-corrected chi connectivity index (χ3v) is 7.41. The summed E-state index contributed by atoms with van der Waals surface area (Å²) in [5, 5.41) is 6.18. The maximum Gasteiger partial charge on any atom is 0.260 e. The number of rotatable bonds is 9. The van der Waals surface area contributed by atoms with Crippen LogP contribution in [0.4, 0.5) is 5.69 Å². The molecule has 0 saturated carbocycles. The topological polar surface area (TPSA) is 71.1 Å². The summed E-state index contributed by atoms with van der Waals surface area (Å²) in [7, 11) is 3.18. The van der Waals surface area contributed by atoms with Gasteiger partial charge in [-0.05, 0) is 42.3 Å². The number of carbonyl (C=O) groups is 2. The lowest BCUT2D eigenvalue weighted by Crippen LogP contribution is -2.53. The van der Waals surface area contributed by atoms with Gasteiger partial charge in [-0.25, -0.2) is 5.01 Å². The third-order valence-electron chi connectivity index (χ3n) is 5.72. The van der Waals surface area contributed by atoms with E-state index in [4.69, 9.17) is 32.7 Å². The molecule has 0 aromatic heterocycles. The number of thioether (sulfide) groups is 1. The van der Waals surface area contributed by atoms with Gasteiger partial charge in [0.1, 0.15) is 23.8 Å². The lowest BCUT2D eigenvalue weighted by molar-refractivity contribution is -0.131. The lowest BCUT2D eigenvalue weighted by atomic mass is 10.2. The Labute approximate surface area is 236 Å². The van der Waals surface area contributed by atoms with Crippen LogP contribution in [-0.2, 0) is 16.2 Å². The molecule has 10 heteroatoms. The van der Waals surface area contributed by atoms with Crippen LogP contribution < -0.4 is 19.8 Å². The number of fused-ring (bicyclic) bond motifs is 1. The highest BCUT2D eigenvalue weighted by molar-refractivity contribution is 8.02. The maximum absolute atomic E-state index is 13.1. The van der Waals surface area contributed by atoms with Crippen molar-refractivity contribution in [3.63, 3.8) is 0 Å². The lowest BCUT2D eigenvalue weighted by Gasteiger charge is -2.38. The number of halogens is 2. The molecule has 1 unspecified atom stereocenters. The van der Waals surface area contributed by atoms with E-state index in [1.54, 1.807) is 50.4 Å². The van der Waals surface area contributed by atoms with Crippen LogP contribution in [0.25, 0.3) is 6.08 Å². The van der Waals surface area contributed by atoms with Gasteiger partial charge in [-0.3, -0.25) is 14.6 Å². The number of amides is 2. The predicted molar refractivity (Wildman–Crippen MR) is 153 cm³/mol. The Balaban J connectivity index is 1.46. The molecule has 38 heavy (non-hydrogen) atoms. The number of hydrogen-bond acceptors (Lipinski definition) is 6. The molecule has 0 saturated heterocycles. The van der Waals surface area contributed by atoms with Gasteiger partial charge in [0, 0.05) is 29.1 Å². The first-order valence-corrected chi connectivity index (χ1v) is 13.3. The van der Waals surface area contributed by atoms with Crippen molar-refractivity contribution in [1.82, 2.24) is 10.3 Å². The number of likely N-dealkylation sites (N-methyl/N-ethyl adjacent to an activating group) is 1. The van der Waals surface area contributed by atoms with Gasteiger partial charge >= 0.3 is 0 Å². The summed E-state index contributed by atoms with van der Waals surface area (Å²) in [6, 6.07) is 20.5. The molecule has 3 aromatic rings. The molecule has 2 amide bonds. The van der Waals surface area contributed by atoms with E-state index in [2.05, 4.69) is 5.32 Å². The predicted octanol–water partition coefficient (Wildman–Crippen LogP) is 5.96. The van der Waals surface area contributed by atoms with Crippen molar-refractivity contribution >= 4 is 58.5 Å². The molecule has 0 spiro atoms. The third kappa shape index (κ3) is 6.56. The fourth-order valence-electron chi connectivity index (χ4n) is 3.91. The Hall–Kier alpha value is -3.33. The molecular formula is C28H27Cl2N3O4S. The molecule has 1 aliphatic heterocycles. The van der Waals surface area contributed by atoms with E-state index >= 15 is 0 Å². The number of carbonyl (C=O) groups excluding carboxylic acids is 2. The molecule has 0 fully saturated rings. The zero-order chi connectivity index (χ0) is 27.3. The van der Waals surface area contributed by atoms with Gasteiger partial charge in [-0.1, -0.05) is 77.4 Å². The monoisotopic (exact) mass is 571 g/mol. The van der Waals surface area contributed by atoms with Crippen molar-refractivity contribution in [3.8, 4) is 11.5 Å². The van der Waals surface area contributed by atoms with Gasteiger partial charge in [0.25, 0.3) is 5.91 Å². The van der Waals surface area contributed by atoms with E-state index in [9.17, 15) is 9.59 Å². The molecule has 0 bridgehead atoms. The largest absolute Gasteiger partial charge is 0.497 e. The fraction of sp³-hybridized carbons (Fsp3) is 0.214. The number of anilines is 1. The van der Waals surface area contributed by atoms with Crippen LogP contribution in [-0.4, -0.2) is 41.9 Å². The molecule has 198 valence electrons. The first-order chi connectivity index (χ1) is 18.2. The molecule has 3 aromatic carbocycles. The fourth-order valence-corrected chi connectivity index (χ4v) is 5.80. The van der Waals surface area contributed by atoms with Crippen LogP contribution >= 0.6 is 35.0 Å². The summed E-state index contributed by atoms with van der Waals surface area (Å²) in [6.45, 7) is 1.88. The summed E-state index contributed by atoms with van der Waals surface area (Å²) in [4.78, 5) is 26.3. The van der Waals surface area contributed by atoms with Gasteiger partial charge in [0.05, 0.1) is 13.7 Å². The molecule has 1 heterocycles. The quantitative estimate of drug-likeness (QED) is 0.194. The van der Waals surface area contributed by atoms with Gasteiger partial charge in [-0.2, -0.15) is 0 Å². The molecule has 0 aliphatic carbocycles. The Kier molecular flexibility index (Phi) is 8.76. The zero-order valence-electron chi connectivity index (χ0n) is 21.1. The van der Waals surface area contributed by atoms with Crippen LogP contribution in [0.15, 0.2) is 77.7 Å². The average Bonchev–Trinajstić information content (AvgIpc) is 3.18. The van der Waals surface area contributed by atoms with Crippen LogP contribution in [0, 0.1) is 0 Å². The Bertz CT molecular complexity index is 1350. The van der Waals surface area contributed by atoms with E-state index in [1.165, 1.54) is 22.8 Å². The summed E-state index contributed by atoms with van der Waals surface area (Å²) >= 11 is 14.6. The molecule has 7 nitrogen and oxygen atoms in total. The maximum atomic E-state index is 13.1. The number of nitrogens with one attached hydrogen (secondary N) is 1. The SMILES string of the molecule is COc1cccc(C=CC(=O)NCC(=O)N(C)N2c3c(OCc4ccccc4)cc(Cl)cc3SC2(C)Cl)c1. The Morgan fingerprint density at radius 2 is 1.89 bits per heavy atom. The normalized spacial score (nSPS) is 16.3. The number of benzene rings is 3. The van der Waals surface area contributed by atoms with Crippen molar-refractivity contribution in [2.24, 2.45) is 0 Å². The van der Waals surface area contributed by atoms with E-state index in [0.29, 0.717) is 28.8 Å². The second kappa shape index (κ2) is 12.0. The Morgan fingerprint density at radius 3 is 2.63 bits per heavy atom. The van der Waals surface area contributed by atoms with Gasteiger partial charge in [0.2, 0.25) is 5.91 Å². The average molecular weight is 573 g/mol. The molecule has 1 aliphatic rings. The first kappa shape index (κ1) is 27.7. The van der Waals surface area contributed by atoms with Crippen molar-refractivity contribution in [1.29, 1.82) is 0 Å². The second-order valence-corrected chi connectivity index (χ2v) is 11.4. The highest BCUT2D eigenvalue weighted by Crippen LogP contribution is 2.57. The van der Waals surface area contributed by atoms with Crippen LogP contribution in [0.2, 0.25) is 5.02 Å². The smallest absolute Gasteiger partial charge is 0.260 e. The van der Waals surface area contributed by atoms with Crippen LogP contribution in [0.1, 0.15) is 18.1 Å². The number of ether oxygens (including phenoxy) is 2. The van der Waals surface area contributed by atoms with Gasteiger partial charge < -0.3 is 14.8 Å². The number of hydrogen-bond donors (Lipinski definition) is 1. The van der Waals surface area contributed by atoms with Gasteiger partial charge in [-0.15, -0.1) is 0 Å². The van der Waals surface area contributed by atoms with E-state index in [1.807, 2.05) is 48.5 Å². The highest BCUT2D eigenvalue weighted by Gasteiger charge is 2.45. The minimum absolute atomic E-state index is 0.227. The Morgan fingerprint density at radius 1 is 1.13 bits per heavy atom. The number of nitrogens with zero attached hydrogens (tertiary/aromatic N) is 2. The number of hydrazine groups is 1. The van der Waals surface area contributed by atoms with E-state index in [0.717, 1.165) is 16.0 Å². The van der Waals surface area contributed by atoms with Crippen LogP contribution in [0.5, 0.6) is 11.5 Å². The van der Waals surface area contributed by atoms with Crippen molar-refractivity contribution in [2.75, 3.05) is 25.7 Å². The number of methoxy groups -OCH3 is 1. The molecule has 1 atom stereocenters. The second-order valence-electron chi connectivity index (χ2n) is 8.55. The minimum atomic E-state index is -1.03. The van der Waals surface area contributed by atoms with Crippen molar-refractivity contribution < 1.29 is 19.1 Å². The molecule has 4 rings (SSSR count). The first-order valence-electron chi connectivity index (χ1n) is 11.7. The summed E-state index contributed by atoms with van der Waals surface area (Å²) < 4.78 is 10.3. The van der Waals surface area contributed by atoms with Crippen LogP contribution in [0.3, 0.4) is 0 Å². The van der Waals surface area contributed by atoms with Crippen molar-refractivity contribution in [2.45, 2.75) is 22.8 Å². The molecule has 0 radical (unpaired) electrons. The molecule has 1 N–H and O–H groups in total.